The Morgan fingerprint density at radius 3 is 3.11 bits per heavy atom. The van der Waals surface area contributed by atoms with Gasteiger partial charge in [0.1, 0.15) is 5.69 Å². The smallest absolute Gasteiger partial charge is 0.272 e. The fourth-order valence-corrected chi connectivity index (χ4v) is 3.15. The number of carbonyl (C=O) groups is 1. The van der Waals surface area contributed by atoms with Gasteiger partial charge in [-0.15, -0.1) is 0 Å². The van der Waals surface area contributed by atoms with Crippen LogP contribution < -0.4 is 5.32 Å². The summed E-state index contributed by atoms with van der Waals surface area (Å²) in [6.07, 6.45) is 2.00. The molecule has 98 valence electrons. The largest absolute Gasteiger partial charge is 0.333 e. The maximum absolute atomic E-state index is 12.6. The molecule has 1 aromatic rings. The molecule has 0 unspecified atom stereocenters. The third-order valence-electron chi connectivity index (χ3n) is 4.22. The minimum atomic E-state index is 0.140. The number of amides is 1. The number of rotatable bonds is 2. The number of likely N-dealkylation sites (tertiary alicyclic amines) is 1. The molecule has 2 aliphatic heterocycles. The van der Waals surface area contributed by atoms with E-state index >= 15 is 0 Å². The number of nitrogens with zero attached hydrogens (tertiary/aromatic N) is 3. The van der Waals surface area contributed by atoms with E-state index in [9.17, 15) is 4.79 Å². The first-order valence-electron chi connectivity index (χ1n) is 6.75. The van der Waals surface area contributed by atoms with Gasteiger partial charge < -0.3 is 10.2 Å². The normalized spacial score (nSPS) is 26.7. The summed E-state index contributed by atoms with van der Waals surface area (Å²) < 4.78 is 1.72. The van der Waals surface area contributed by atoms with Crippen LogP contribution in [0.25, 0.3) is 0 Å². The minimum absolute atomic E-state index is 0.140. The molecular weight excluding hydrogens is 228 g/mol. The first-order valence-corrected chi connectivity index (χ1v) is 6.75. The molecule has 0 saturated carbocycles. The molecule has 1 N–H and O–H groups in total. The van der Waals surface area contributed by atoms with E-state index in [1.54, 1.807) is 4.68 Å². The fraction of sp³-hybridized carbons (Fsp3) is 0.692. The highest BCUT2D eigenvalue weighted by Gasteiger charge is 2.40. The predicted octanol–water partition coefficient (Wildman–Crippen LogP) is 0.416. The molecule has 5 heteroatoms. The van der Waals surface area contributed by atoms with Crippen LogP contribution in [-0.4, -0.2) is 46.3 Å². The highest BCUT2D eigenvalue weighted by molar-refractivity contribution is 5.93. The van der Waals surface area contributed by atoms with Crippen molar-refractivity contribution in [3.63, 3.8) is 0 Å². The zero-order valence-electron chi connectivity index (χ0n) is 11.0. The molecule has 2 saturated heterocycles. The number of aryl methyl sites for hydroxylation is 2. The lowest BCUT2D eigenvalue weighted by molar-refractivity contribution is 0.0726. The van der Waals surface area contributed by atoms with Crippen LogP contribution in [0.5, 0.6) is 0 Å². The van der Waals surface area contributed by atoms with E-state index < -0.39 is 0 Å². The minimum Gasteiger partial charge on any atom is -0.333 e. The number of fused-ring (bicyclic) bond motifs is 1. The summed E-state index contributed by atoms with van der Waals surface area (Å²) >= 11 is 0. The third-order valence-corrected chi connectivity index (χ3v) is 4.22. The average molecular weight is 248 g/mol. The van der Waals surface area contributed by atoms with Crippen molar-refractivity contribution in [3.05, 3.63) is 17.5 Å². The van der Waals surface area contributed by atoms with Gasteiger partial charge in [-0.25, -0.2) is 0 Å². The third kappa shape index (κ3) is 1.73. The lowest BCUT2D eigenvalue weighted by Crippen LogP contribution is -2.39. The monoisotopic (exact) mass is 248 g/mol. The van der Waals surface area contributed by atoms with Crippen LogP contribution in [0.15, 0.2) is 6.07 Å². The second-order valence-electron chi connectivity index (χ2n) is 5.27. The number of nitrogens with one attached hydrogen (secondary N) is 1. The Labute approximate surface area is 107 Å². The summed E-state index contributed by atoms with van der Waals surface area (Å²) in [4.78, 5) is 14.6. The van der Waals surface area contributed by atoms with Crippen LogP contribution >= 0.6 is 0 Å². The first kappa shape index (κ1) is 11.7. The lowest BCUT2D eigenvalue weighted by Gasteiger charge is -2.23. The maximum atomic E-state index is 12.6. The van der Waals surface area contributed by atoms with Gasteiger partial charge in [0.15, 0.2) is 0 Å². The molecule has 0 bridgehead atoms. The van der Waals surface area contributed by atoms with E-state index in [1.807, 2.05) is 18.0 Å². The zero-order chi connectivity index (χ0) is 12.7. The molecule has 0 spiro atoms. The molecule has 3 rings (SSSR count). The molecule has 0 radical (unpaired) electrons. The van der Waals surface area contributed by atoms with Crippen LogP contribution in [-0.2, 0) is 13.5 Å². The van der Waals surface area contributed by atoms with E-state index in [1.165, 1.54) is 0 Å². The van der Waals surface area contributed by atoms with Crippen molar-refractivity contribution in [1.82, 2.24) is 20.0 Å². The number of hydrogen-bond acceptors (Lipinski definition) is 3. The summed E-state index contributed by atoms with van der Waals surface area (Å²) in [6.45, 7) is 4.95. The molecule has 5 nitrogen and oxygen atoms in total. The SMILES string of the molecule is CCc1cc(C(=O)N2CC[C@H]3CNC[C@H]32)n(C)n1. The van der Waals surface area contributed by atoms with Crippen molar-refractivity contribution in [3.8, 4) is 0 Å². The van der Waals surface area contributed by atoms with Gasteiger partial charge in [-0.1, -0.05) is 6.92 Å². The van der Waals surface area contributed by atoms with Crippen LogP contribution in [0.2, 0.25) is 0 Å². The summed E-state index contributed by atoms with van der Waals surface area (Å²) in [6, 6.07) is 2.32. The topological polar surface area (TPSA) is 50.2 Å². The highest BCUT2D eigenvalue weighted by Crippen LogP contribution is 2.28. The van der Waals surface area contributed by atoms with Gasteiger partial charge in [0.25, 0.3) is 5.91 Å². The first-order chi connectivity index (χ1) is 8.70. The lowest BCUT2D eigenvalue weighted by atomic mass is 10.1. The van der Waals surface area contributed by atoms with Gasteiger partial charge in [0.2, 0.25) is 0 Å². The van der Waals surface area contributed by atoms with Gasteiger partial charge in [-0.05, 0) is 24.8 Å². The van der Waals surface area contributed by atoms with Crippen molar-refractivity contribution in [2.75, 3.05) is 19.6 Å². The Morgan fingerprint density at radius 2 is 2.39 bits per heavy atom. The average Bonchev–Trinajstić information content (AvgIpc) is 3.01. The van der Waals surface area contributed by atoms with Crippen LogP contribution in [0.4, 0.5) is 0 Å². The number of carbonyl (C=O) groups excluding carboxylic acids is 1. The second-order valence-corrected chi connectivity index (χ2v) is 5.27. The highest BCUT2D eigenvalue weighted by atomic mass is 16.2. The Balaban J connectivity index is 1.83. The van der Waals surface area contributed by atoms with Gasteiger partial charge in [0.05, 0.1) is 5.69 Å². The number of aromatic nitrogens is 2. The summed E-state index contributed by atoms with van der Waals surface area (Å²) in [5.41, 5.74) is 1.71. The van der Waals surface area contributed by atoms with Crippen molar-refractivity contribution < 1.29 is 4.79 Å². The Hall–Kier alpha value is -1.36. The van der Waals surface area contributed by atoms with Gasteiger partial charge in [-0.3, -0.25) is 9.48 Å². The van der Waals surface area contributed by atoms with E-state index in [0.717, 1.165) is 43.9 Å². The summed E-state index contributed by atoms with van der Waals surface area (Å²) in [7, 11) is 1.85. The van der Waals surface area contributed by atoms with E-state index in [2.05, 4.69) is 17.3 Å². The van der Waals surface area contributed by atoms with Crippen molar-refractivity contribution in [1.29, 1.82) is 0 Å². The molecule has 1 aromatic heterocycles. The quantitative estimate of drug-likeness (QED) is 0.825. The van der Waals surface area contributed by atoms with Crippen LogP contribution in [0.1, 0.15) is 29.5 Å². The maximum Gasteiger partial charge on any atom is 0.272 e. The number of hydrogen-bond donors (Lipinski definition) is 1. The molecule has 3 heterocycles. The van der Waals surface area contributed by atoms with E-state index in [0.29, 0.717) is 12.0 Å². The predicted molar refractivity (Wildman–Crippen MR) is 68.4 cm³/mol. The molecule has 2 aliphatic rings. The Bertz CT molecular complexity index is 468. The van der Waals surface area contributed by atoms with Crippen molar-refractivity contribution in [2.24, 2.45) is 13.0 Å². The van der Waals surface area contributed by atoms with E-state index in [4.69, 9.17) is 0 Å². The Kier molecular flexibility index (Phi) is 2.86. The summed E-state index contributed by atoms with van der Waals surface area (Å²) in [5, 5.41) is 7.74. The zero-order valence-corrected chi connectivity index (χ0v) is 11.0. The molecule has 0 aromatic carbocycles. The van der Waals surface area contributed by atoms with Crippen LogP contribution in [0.3, 0.4) is 0 Å². The molecule has 2 atom stereocenters. The van der Waals surface area contributed by atoms with Gasteiger partial charge >= 0.3 is 0 Å². The van der Waals surface area contributed by atoms with Crippen molar-refractivity contribution in [2.45, 2.75) is 25.8 Å². The molecular formula is C13H20N4O. The van der Waals surface area contributed by atoms with E-state index in [-0.39, 0.29) is 5.91 Å². The van der Waals surface area contributed by atoms with Gasteiger partial charge in [-0.2, -0.15) is 5.10 Å². The molecule has 1 amide bonds. The Morgan fingerprint density at radius 1 is 1.56 bits per heavy atom. The summed E-state index contributed by atoms with van der Waals surface area (Å²) in [5.74, 6) is 0.786. The standard InChI is InChI=1S/C13H20N4O/c1-3-10-6-11(16(2)15-10)13(18)17-5-4-9-7-14-8-12(9)17/h6,9,12,14H,3-5,7-8H2,1-2H3/t9-,12+/m0/s1. The van der Waals surface area contributed by atoms with Gasteiger partial charge in [0, 0.05) is 32.7 Å². The molecule has 18 heavy (non-hydrogen) atoms. The van der Waals surface area contributed by atoms with Crippen molar-refractivity contribution >= 4 is 5.91 Å². The molecule has 0 aliphatic carbocycles. The molecule has 2 fully saturated rings. The fourth-order valence-electron chi connectivity index (χ4n) is 3.15. The van der Waals surface area contributed by atoms with Crippen LogP contribution in [0, 0.1) is 5.92 Å². The second kappa shape index (κ2) is 4.39.